The SMILES string of the molecule is Cc1nc(C)c2c(C)c(C(=O)NCCSc3ccc(Cl)cc3)sc2n1. The van der Waals surface area contributed by atoms with Crippen LogP contribution < -0.4 is 5.32 Å². The third-order valence-electron chi connectivity index (χ3n) is 3.76. The molecule has 3 aromatic rings. The zero-order valence-corrected chi connectivity index (χ0v) is 16.6. The summed E-state index contributed by atoms with van der Waals surface area (Å²) in [5, 5.41) is 4.72. The molecule has 1 aromatic carbocycles. The summed E-state index contributed by atoms with van der Waals surface area (Å²) in [7, 11) is 0. The highest BCUT2D eigenvalue weighted by atomic mass is 35.5. The van der Waals surface area contributed by atoms with Crippen LogP contribution in [0.5, 0.6) is 0 Å². The molecule has 1 amide bonds. The first kappa shape index (κ1) is 18.2. The molecule has 2 heterocycles. The second kappa shape index (κ2) is 7.72. The highest BCUT2D eigenvalue weighted by Crippen LogP contribution is 2.31. The van der Waals surface area contributed by atoms with Crippen LogP contribution in [0.4, 0.5) is 0 Å². The van der Waals surface area contributed by atoms with E-state index in [1.54, 1.807) is 11.8 Å². The summed E-state index contributed by atoms with van der Waals surface area (Å²) in [5.74, 6) is 1.49. The average Bonchev–Trinajstić information content (AvgIpc) is 2.90. The van der Waals surface area contributed by atoms with Crippen LogP contribution in [0.25, 0.3) is 10.2 Å². The summed E-state index contributed by atoms with van der Waals surface area (Å²) < 4.78 is 0. The van der Waals surface area contributed by atoms with Gasteiger partial charge in [0, 0.05) is 33.3 Å². The topological polar surface area (TPSA) is 54.9 Å². The molecule has 0 radical (unpaired) electrons. The summed E-state index contributed by atoms with van der Waals surface area (Å²) in [6, 6.07) is 7.70. The van der Waals surface area contributed by atoms with Crippen molar-refractivity contribution in [3.05, 3.63) is 51.2 Å². The summed E-state index contributed by atoms with van der Waals surface area (Å²) in [5.41, 5.74) is 1.88. The molecule has 4 nitrogen and oxygen atoms in total. The van der Waals surface area contributed by atoms with E-state index in [0.29, 0.717) is 6.54 Å². The van der Waals surface area contributed by atoms with Gasteiger partial charge >= 0.3 is 0 Å². The Balaban J connectivity index is 1.63. The molecule has 0 spiro atoms. The van der Waals surface area contributed by atoms with Crippen molar-refractivity contribution in [1.82, 2.24) is 15.3 Å². The van der Waals surface area contributed by atoms with E-state index in [2.05, 4.69) is 15.3 Å². The van der Waals surface area contributed by atoms with E-state index in [1.165, 1.54) is 11.3 Å². The zero-order chi connectivity index (χ0) is 18.0. The number of benzene rings is 1. The smallest absolute Gasteiger partial charge is 0.261 e. The van der Waals surface area contributed by atoms with Gasteiger partial charge in [-0.2, -0.15) is 0 Å². The van der Waals surface area contributed by atoms with Gasteiger partial charge in [-0.3, -0.25) is 4.79 Å². The summed E-state index contributed by atoms with van der Waals surface area (Å²) in [6.45, 7) is 6.39. The third kappa shape index (κ3) is 4.14. The number of amides is 1. The molecule has 0 aliphatic carbocycles. The number of halogens is 1. The van der Waals surface area contributed by atoms with Gasteiger partial charge in [-0.05, 0) is 50.6 Å². The Bertz CT molecular complexity index is 922. The molecule has 0 saturated heterocycles. The van der Waals surface area contributed by atoms with E-state index in [-0.39, 0.29) is 5.91 Å². The first-order valence-corrected chi connectivity index (χ1v) is 10.0. The van der Waals surface area contributed by atoms with Crippen molar-refractivity contribution in [2.45, 2.75) is 25.7 Å². The monoisotopic (exact) mass is 391 g/mol. The number of carbonyl (C=O) groups excluding carboxylic acids is 1. The fourth-order valence-electron chi connectivity index (χ4n) is 2.63. The number of fused-ring (bicyclic) bond motifs is 1. The lowest BCUT2D eigenvalue weighted by Crippen LogP contribution is -2.25. The Labute approximate surface area is 160 Å². The molecule has 25 heavy (non-hydrogen) atoms. The average molecular weight is 392 g/mol. The standard InChI is InChI=1S/C18H18ClN3OS2/c1-10-15-11(2)21-12(3)22-18(15)25-16(10)17(23)20-8-9-24-14-6-4-13(19)5-7-14/h4-7H,8-9H2,1-3H3,(H,20,23). The van der Waals surface area contributed by atoms with Crippen molar-refractivity contribution in [2.24, 2.45) is 0 Å². The van der Waals surface area contributed by atoms with E-state index in [0.717, 1.165) is 47.8 Å². The zero-order valence-electron chi connectivity index (χ0n) is 14.2. The third-order valence-corrected chi connectivity index (χ3v) is 6.21. The molecular formula is C18H18ClN3OS2. The number of thioether (sulfide) groups is 1. The van der Waals surface area contributed by atoms with Crippen molar-refractivity contribution in [3.63, 3.8) is 0 Å². The number of carbonyl (C=O) groups is 1. The first-order valence-electron chi connectivity index (χ1n) is 7.86. The Kier molecular flexibility index (Phi) is 5.61. The molecule has 0 bridgehead atoms. The van der Waals surface area contributed by atoms with Crippen LogP contribution in [0.1, 0.15) is 26.8 Å². The largest absolute Gasteiger partial charge is 0.350 e. The fraction of sp³-hybridized carbons (Fsp3) is 0.278. The van der Waals surface area contributed by atoms with Gasteiger partial charge < -0.3 is 5.32 Å². The highest BCUT2D eigenvalue weighted by Gasteiger charge is 2.18. The first-order chi connectivity index (χ1) is 12.0. The van der Waals surface area contributed by atoms with Crippen LogP contribution in [0.15, 0.2) is 29.2 Å². The van der Waals surface area contributed by atoms with Crippen LogP contribution in [0, 0.1) is 20.8 Å². The van der Waals surface area contributed by atoms with Crippen LogP contribution >= 0.6 is 34.7 Å². The second-order valence-corrected chi connectivity index (χ2v) is 8.25. The van der Waals surface area contributed by atoms with Gasteiger partial charge in [0.1, 0.15) is 10.7 Å². The molecule has 0 atom stereocenters. The number of thiophene rings is 1. The minimum Gasteiger partial charge on any atom is -0.350 e. The molecule has 0 saturated carbocycles. The molecule has 0 unspecified atom stereocenters. The Hall–Kier alpha value is -1.63. The molecule has 0 fully saturated rings. The van der Waals surface area contributed by atoms with Gasteiger partial charge in [0.15, 0.2) is 0 Å². The summed E-state index contributed by atoms with van der Waals surface area (Å²) in [6.07, 6.45) is 0. The minimum absolute atomic E-state index is 0.0470. The van der Waals surface area contributed by atoms with Gasteiger partial charge in [-0.15, -0.1) is 23.1 Å². The van der Waals surface area contributed by atoms with E-state index < -0.39 is 0 Å². The predicted octanol–water partition coefficient (Wildman–Crippen LogP) is 4.79. The normalized spacial score (nSPS) is 11.0. The van der Waals surface area contributed by atoms with Gasteiger partial charge in [0.25, 0.3) is 5.91 Å². The number of hydrogen-bond acceptors (Lipinski definition) is 5. The Morgan fingerprint density at radius 2 is 1.92 bits per heavy atom. The van der Waals surface area contributed by atoms with Crippen molar-refractivity contribution in [3.8, 4) is 0 Å². The van der Waals surface area contributed by atoms with Crippen LogP contribution in [0.3, 0.4) is 0 Å². The van der Waals surface area contributed by atoms with Crippen LogP contribution in [-0.2, 0) is 0 Å². The number of aromatic nitrogens is 2. The maximum Gasteiger partial charge on any atom is 0.261 e. The maximum atomic E-state index is 12.5. The number of aryl methyl sites for hydroxylation is 3. The molecule has 0 aliphatic rings. The molecule has 3 rings (SSSR count). The minimum atomic E-state index is -0.0470. The quantitative estimate of drug-likeness (QED) is 0.501. The van der Waals surface area contributed by atoms with Crippen molar-refractivity contribution >= 4 is 50.8 Å². The molecular weight excluding hydrogens is 374 g/mol. The lowest BCUT2D eigenvalue weighted by molar-refractivity contribution is 0.0960. The fourth-order valence-corrected chi connectivity index (χ4v) is 4.72. The van der Waals surface area contributed by atoms with Crippen LogP contribution in [0.2, 0.25) is 5.02 Å². The van der Waals surface area contributed by atoms with Crippen molar-refractivity contribution < 1.29 is 4.79 Å². The van der Waals surface area contributed by atoms with E-state index in [9.17, 15) is 4.79 Å². The molecule has 0 aliphatic heterocycles. The maximum absolute atomic E-state index is 12.5. The Morgan fingerprint density at radius 1 is 1.20 bits per heavy atom. The molecule has 130 valence electrons. The predicted molar refractivity (Wildman–Crippen MR) is 106 cm³/mol. The lowest BCUT2D eigenvalue weighted by atomic mass is 10.1. The van der Waals surface area contributed by atoms with Crippen molar-refractivity contribution in [2.75, 3.05) is 12.3 Å². The van der Waals surface area contributed by atoms with Crippen molar-refractivity contribution in [1.29, 1.82) is 0 Å². The van der Waals surface area contributed by atoms with Crippen LogP contribution in [-0.4, -0.2) is 28.2 Å². The van der Waals surface area contributed by atoms with E-state index in [4.69, 9.17) is 11.6 Å². The number of rotatable bonds is 5. The number of nitrogens with one attached hydrogen (secondary N) is 1. The molecule has 7 heteroatoms. The second-order valence-electron chi connectivity index (χ2n) is 5.65. The molecule has 2 aromatic heterocycles. The van der Waals surface area contributed by atoms with E-state index >= 15 is 0 Å². The highest BCUT2D eigenvalue weighted by molar-refractivity contribution is 7.99. The van der Waals surface area contributed by atoms with Gasteiger partial charge in [-0.25, -0.2) is 9.97 Å². The Morgan fingerprint density at radius 3 is 2.64 bits per heavy atom. The lowest BCUT2D eigenvalue weighted by Gasteiger charge is -2.05. The van der Waals surface area contributed by atoms with E-state index in [1.807, 2.05) is 45.0 Å². The summed E-state index contributed by atoms with van der Waals surface area (Å²) >= 11 is 9.00. The number of nitrogens with zero attached hydrogens (tertiary/aromatic N) is 2. The number of hydrogen-bond donors (Lipinski definition) is 1. The summed E-state index contributed by atoms with van der Waals surface area (Å²) in [4.78, 5) is 24.1. The van der Waals surface area contributed by atoms with Gasteiger partial charge in [0.05, 0.1) is 4.88 Å². The molecule has 1 N–H and O–H groups in total. The van der Waals surface area contributed by atoms with Gasteiger partial charge in [-0.1, -0.05) is 11.6 Å². The van der Waals surface area contributed by atoms with Gasteiger partial charge in [0.2, 0.25) is 0 Å².